The first-order valence-corrected chi connectivity index (χ1v) is 7.06. The van der Waals surface area contributed by atoms with Gasteiger partial charge in [-0.15, -0.1) is 0 Å². The summed E-state index contributed by atoms with van der Waals surface area (Å²) in [4.78, 5) is 7.37. The van der Waals surface area contributed by atoms with Gasteiger partial charge < -0.3 is 4.98 Å². The van der Waals surface area contributed by atoms with Crippen LogP contribution in [-0.4, -0.2) is 9.97 Å². The fourth-order valence-electron chi connectivity index (χ4n) is 1.95. The first-order chi connectivity index (χ1) is 9.63. The van der Waals surface area contributed by atoms with Crippen molar-refractivity contribution in [1.29, 1.82) is 0 Å². The fourth-order valence-corrected chi connectivity index (χ4v) is 2.51. The van der Waals surface area contributed by atoms with Crippen LogP contribution in [0.2, 0.25) is 5.02 Å². The molecule has 0 aliphatic heterocycles. The lowest BCUT2D eigenvalue weighted by atomic mass is 10.1. The molecule has 0 radical (unpaired) electrons. The molecule has 0 fully saturated rings. The number of fused-ring (bicyclic) bond motifs is 1. The molecule has 0 atom stereocenters. The largest absolute Gasteiger partial charge is 0.346 e. The summed E-state index contributed by atoms with van der Waals surface area (Å²) in [7, 11) is 0. The number of nitrogens with one attached hydrogen (secondary N) is 1. The van der Waals surface area contributed by atoms with Gasteiger partial charge in [-0.1, -0.05) is 29.8 Å². The quantitative estimate of drug-likeness (QED) is 0.668. The molecular weight excluding hydrogens is 343 g/mol. The van der Waals surface area contributed by atoms with E-state index in [2.05, 4.69) is 25.9 Å². The molecule has 0 aliphatic carbocycles. The van der Waals surface area contributed by atoms with Gasteiger partial charge in [-0.3, -0.25) is 0 Å². The Morgan fingerprint density at radius 3 is 2.80 bits per heavy atom. The fraction of sp³-hybridized carbons (Fsp3) is 0. The first kappa shape index (κ1) is 13.3. The summed E-state index contributed by atoms with van der Waals surface area (Å²) in [6.07, 6.45) is 7.39. The highest BCUT2D eigenvalue weighted by Crippen LogP contribution is 2.24. The molecule has 1 aromatic carbocycles. The van der Waals surface area contributed by atoms with Crippen molar-refractivity contribution in [2.45, 2.75) is 0 Å². The van der Waals surface area contributed by atoms with Gasteiger partial charge in [-0.05, 0) is 39.7 Å². The van der Waals surface area contributed by atoms with Crippen molar-refractivity contribution in [2.24, 2.45) is 0 Å². The van der Waals surface area contributed by atoms with Crippen molar-refractivity contribution in [2.75, 3.05) is 0 Å². The van der Waals surface area contributed by atoms with Crippen LogP contribution >= 0.6 is 27.5 Å². The first-order valence-electron chi connectivity index (χ1n) is 5.89. The molecule has 20 heavy (non-hydrogen) atoms. The third kappa shape index (κ3) is 2.62. The minimum Gasteiger partial charge on any atom is -0.346 e. The summed E-state index contributed by atoms with van der Waals surface area (Å²) in [6.45, 7) is 0. The van der Waals surface area contributed by atoms with E-state index in [1.807, 2.05) is 24.4 Å². The number of hydrogen-bond donors (Lipinski definition) is 1. The zero-order valence-electron chi connectivity index (χ0n) is 10.2. The Balaban J connectivity index is 2.00. The third-order valence-corrected chi connectivity index (χ3v) is 3.70. The van der Waals surface area contributed by atoms with Crippen molar-refractivity contribution in [3.63, 3.8) is 0 Å². The van der Waals surface area contributed by atoms with Crippen LogP contribution in [0.15, 0.2) is 41.1 Å². The highest BCUT2D eigenvalue weighted by atomic mass is 79.9. The third-order valence-electron chi connectivity index (χ3n) is 2.93. The summed E-state index contributed by atoms with van der Waals surface area (Å²) in [6, 6.07) is 6.33. The maximum absolute atomic E-state index is 13.0. The number of aromatic amines is 1. The van der Waals surface area contributed by atoms with Gasteiger partial charge in [0, 0.05) is 27.8 Å². The number of hydrogen-bond acceptors (Lipinski definition) is 1. The van der Waals surface area contributed by atoms with Gasteiger partial charge in [0.1, 0.15) is 11.5 Å². The molecule has 2 nitrogen and oxygen atoms in total. The highest BCUT2D eigenvalue weighted by Gasteiger charge is 2.03. The Morgan fingerprint density at radius 2 is 2.00 bits per heavy atom. The average Bonchev–Trinajstić information content (AvgIpc) is 2.80. The molecule has 1 N–H and O–H groups in total. The number of H-pyrrole nitrogens is 1. The van der Waals surface area contributed by atoms with Crippen molar-refractivity contribution in [3.05, 3.63) is 63.1 Å². The average molecular weight is 352 g/mol. The van der Waals surface area contributed by atoms with Crippen LogP contribution in [0, 0.1) is 5.82 Å². The number of halogens is 3. The van der Waals surface area contributed by atoms with E-state index in [1.165, 1.54) is 12.1 Å². The van der Waals surface area contributed by atoms with Gasteiger partial charge in [0.2, 0.25) is 0 Å². The Morgan fingerprint density at radius 1 is 1.20 bits per heavy atom. The number of nitrogens with zero attached hydrogens (tertiary/aromatic N) is 1. The second-order valence-corrected chi connectivity index (χ2v) is 5.62. The van der Waals surface area contributed by atoms with Crippen LogP contribution in [-0.2, 0) is 0 Å². The van der Waals surface area contributed by atoms with E-state index in [-0.39, 0.29) is 5.82 Å². The second-order valence-electron chi connectivity index (χ2n) is 4.29. The predicted octanol–water partition coefficient (Wildman–Crippen LogP) is 5.29. The molecule has 0 bridgehead atoms. The zero-order chi connectivity index (χ0) is 14.1. The van der Waals surface area contributed by atoms with E-state index in [0.29, 0.717) is 5.02 Å². The van der Waals surface area contributed by atoms with Crippen LogP contribution in [0.3, 0.4) is 0 Å². The molecule has 0 saturated heterocycles. The maximum Gasteiger partial charge on any atom is 0.137 e. The topological polar surface area (TPSA) is 28.7 Å². The molecule has 0 amide bonds. The number of pyridine rings is 1. The van der Waals surface area contributed by atoms with Crippen LogP contribution in [0.25, 0.3) is 23.2 Å². The summed E-state index contributed by atoms with van der Waals surface area (Å²) in [5.74, 6) is -0.340. The summed E-state index contributed by atoms with van der Waals surface area (Å²) in [5.41, 5.74) is 2.58. The van der Waals surface area contributed by atoms with E-state index >= 15 is 0 Å². The maximum atomic E-state index is 13.0. The SMILES string of the molecule is Fc1ccc(/C=C\c2c[nH]c3ncc(Br)cc23)c(Cl)c1. The Kier molecular flexibility index (Phi) is 3.59. The molecule has 3 rings (SSSR count). The van der Waals surface area contributed by atoms with E-state index in [1.54, 1.807) is 12.3 Å². The van der Waals surface area contributed by atoms with E-state index in [9.17, 15) is 4.39 Å². The summed E-state index contributed by atoms with van der Waals surface area (Å²) in [5, 5.41) is 1.40. The molecule has 3 aromatic rings. The Labute approximate surface area is 128 Å². The van der Waals surface area contributed by atoms with Crippen LogP contribution < -0.4 is 0 Å². The molecule has 0 unspecified atom stereocenters. The predicted molar refractivity (Wildman–Crippen MR) is 84.1 cm³/mol. The lowest BCUT2D eigenvalue weighted by Crippen LogP contribution is -1.78. The van der Waals surface area contributed by atoms with Gasteiger partial charge >= 0.3 is 0 Å². The minimum absolute atomic E-state index is 0.340. The molecule has 2 heterocycles. The lowest BCUT2D eigenvalue weighted by molar-refractivity contribution is 0.628. The molecule has 0 saturated carbocycles. The molecule has 2 aromatic heterocycles. The van der Waals surface area contributed by atoms with Gasteiger partial charge in [-0.25, -0.2) is 9.37 Å². The van der Waals surface area contributed by atoms with Crippen molar-refractivity contribution in [3.8, 4) is 0 Å². The Bertz CT molecular complexity index is 811. The van der Waals surface area contributed by atoms with Crippen molar-refractivity contribution >= 4 is 50.7 Å². The normalized spacial score (nSPS) is 11.6. The van der Waals surface area contributed by atoms with Gasteiger partial charge in [-0.2, -0.15) is 0 Å². The molecule has 100 valence electrons. The minimum atomic E-state index is -0.340. The van der Waals surface area contributed by atoms with E-state index < -0.39 is 0 Å². The number of aromatic nitrogens is 2. The lowest BCUT2D eigenvalue weighted by Gasteiger charge is -1.98. The van der Waals surface area contributed by atoms with Gasteiger partial charge in [0.25, 0.3) is 0 Å². The molecule has 5 heteroatoms. The van der Waals surface area contributed by atoms with Crippen molar-refractivity contribution < 1.29 is 4.39 Å². The molecule has 0 aliphatic rings. The summed E-state index contributed by atoms with van der Waals surface area (Å²) < 4.78 is 13.9. The van der Waals surface area contributed by atoms with Crippen LogP contribution in [0.4, 0.5) is 4.39 Å². The molecule has 0 spiro atoms. The van der Waals surface area contributed by atoms with Crippen LogP contribution in [0.5, 0.6) is 0 Å². The van der Waals surface area contributed by atoms with Crippen molar-refractivity contribution in [1.82, 2.24) is 9.97 Å². The van der Waals surface area contributed by atoms with E-state index in [4.69, 9.17) is 11.6 Å². The second kappa shape index (κ2) is 5.38. The monoisotopic (exact) mass is 350 g/mol. The van der Waals surface area contributed by atoms with Gasteiger partial charge in [0.05, 0.1) is 5.02 Å². The number of rotatable bonds is 2. The summed E-state index contributed by atoms with van der Waals surface area (Å²) >= 11 is 9.40. The zero-order valence-corrected chi connectivity index (χ0v) is 12.5. The standard InChI is InChI=1S/C15H9BrClFN2/c16-11-5-13-10(7-19-15(13)20-8-11)2-1-9-3-4-12(18)6-14(9)17/h1-8H,(H,19,20)/b2-1-. The van der Waals surface area contributed by atoms with E-state index in [0.717, 1.165) is 26.6 Å². The number of benzene rings is 1. The molecular formula is C15H9BrClFN2. The van der Waals surface area contributed by atoms with Crippen LogP contribution in [0.1, 0.15) is 11.1 Å². The smallest absolute Gasteiger partial charge is 0.137 e. The highest BCUT2D eigenvalue weighted by molar-refractivity contribution is 9.10. The van der Waals surface area contributed by atoms with Gasteiger partial charge in [0.15, 0.2) is 0 Å². The Hall–Kier alpha value is -1.65.